The summed E-state index contributed by atoms with van der Waals surface area (Å²) < 4.78 is 13.6. The van der Waals surface area contributed by atoms with Crippen LogP contribution in [0.4, 0.5) is 10.1 Å². The first-order chi connectivity index (χ1) is 10.0. The van der Waals surface area contributed by atoms with E-state index in [-0.39, 0.29) is 10.9 Å². The quantitative estimate of drug-likeness (QED) is 0.659. The molecule has 21 heavy (non-hydrogen) atoms. The van der Waals surface area contributed by atoms with E-state index in [9.17, 15) is 9.18 Å². The standard InChI is InChI=1S/C15H9BrClFN2O/c16-10-6-9(18)7-11(17)14(10)20-15(21)13-5-8-3-1-2-4-12(8)19-13/h1-7,19H,(H,20,21). The molecule has 1 heterocycles. The zero-order chi connectivity index (χ0) is 15.0. The number of benzene rings is 2. The van der Waals surface area contributed by atoms with Crippen molar-refractivity contribution in [1.29, 1.82) is 0 Å². The number of para-hydroxylation sites is 1. The smallest absolute Gasteiger partial charge is 0.272 e. The van der Waals surface area contributed by atoms with Crippen molar-refractivity contribution in [2.24, 2.45) is 0 Å². The van der Waals surface area contributed by atoms with E-state index in [0.29, 0.717) is 15.9 Å². The van der Waals surface area contributed by atoms with Crippen LogP contribution >= 0.6 is 27.5 Å². The maximum Gasteiger partial charge on any atom is 0.272 e. The van der Waals surface area contributed by atoms with Crippen LogP contribution in [-0.4, -0.2) is 10.9 Å². The second-order valence-electron chi connectivity index (χ2n) is 4.47. The van der Waals surface area contributed by atoms with Gasteiger partial charge in [-0.2, -0.15) is 0 Å². The first kappa shape index (κ1) is 14.1. The number of hydrogen-bond donors (Lipinski definition) is 2. The molecule has 0 unspecified atom stereocenters. The number of fused-ring (bicyclic) bond motifs is 1. The third-order valence-corrected chi connectivity index (χ3v) is 3.94. The van der Waals surface area contributed by atoms with E-state index in [1.807, 2.05) is 24.3 Å². The summed E-state index contributed by atoms with van der Waals surface area (Å²) in [6, 6.07) is 11.7. The fourth-order valence-corrected chi connectivity index (χ4v) is 2.94. The second kappa shape index (κ2) is 5.50. The van der Waals surface area contributed by atoms with Gasteiger partial charge in [-0.3, -0.25) is 4.79 Å². The Balaban J connectivity index is 1.93. The lowest BCUT2D eigenvalue weighted by Gasteiger charge is -2.08. The first-order valence-electron chi connectivity index (χ1n) is 6.08. The van der Waals surface area contributed by atoms with Crippen molar-refractivity contribution < 1.29 is 9.18 Å². The third-order valence-electron chi connectivity index (χ3n) is 3.02. The van der Waals surface area contributed by atoms with Crippen LogP contribution in [-0.2, 0) is 0 Å². The molecule has 0 bridgehead atoms. The minimum Gasteiger partial charge on any atom is -0.351 e. The van der Waals surface area contributed by atoms with E-state index in [1.165, 1.54) is 6.07 Å². The lowest BCUT2D eigenvalue weighted by atomic mass is 10.2. The number of amides is 1. The maximum absolute atomic E-state index is 13.2. The van der Waals surface area contributed by atoms with E-state index >= 15 is 0 Å². The highest BCUT2D eigenvalue weighted by Gasteiger charge is 2.14. The summed E-state index contributed by atoms with van der Waals surface area (Å²) in [5.41, 5.74) is 1.61. The molecule has 3 aromatic rings. The summed E-state index contributed by atoms with van der Waals surface area (Å²) in [7, 11) is 0. The van der Waals surface area contributed by atoms with Gasteiger partial charge in [0.1, 0.15) is 11.5 Å². The molecule has 1 amide bonds. The van der Waals surface area contributed by atoms with Crippen molar-refractivity contribution in [2.75, 3.05) is 5.32 Å². The monoisotopic (exact) mass is 366 g/mol. The van der Waals surface area contributed by atoms with E-state index in [4.69, 9.17) is 11.6 Å². The predicted molar refractivity (Wildman–Crippen MR) is 85.4 cm³/mol. The van der Waals surface area contributed by atoms with E-state index in [1.54, 1.807) is 6.07 Å². The minimum absolute atomic E-state index is 0.131. The zero-order valence-electron chi connectivity index (χ0n) is 10.6. The molecule has 0 radical (unpaired) electrons. The van der Waals surface area contributed by atoms with Crippen LogP contribution < -0.4 is 5.32 Å². The van der Waals surface area contributed by atoms with Crippen molar-refractivity contribution in [3.63, 3.8) is 0 Å². The fourth-order valence-electron chi connectivity index (χ4n) is 2.04. The molecule has 0 fully saturated rings. The van der Waals surface area contributed by atoms with Crippen molar-refractivity contribution in [3.8, 4) is 0 Å². The Bertz CT molecular complexity index is 791. The molecule has 0 saturated carbocycles. The topological polar surface area (TPSA) is 44.9 Å². The molecule has 0 aliphatic carbocycles. The lowest BCUT2D eigenvalue weighted by molar-refractivity contribution is 0.102. The number of carbonyl (C=O) groups is 1. The summed E-state index contributed by atoms with van der Waals surface area (Å²) in [6.45, 7) is 0. The van der Waals surface area contributed by atoms with Gasteiger partial charge in [0.25, 0.3) is 5.91 Å². The second-order valence-corrected chi connectivity index (χ2v) is 5.73. The van der Waals surface area contributed by atoms with Gasteiger partial charge in [-0.1, -0.05) is 29.8 Å². The van der Waals surface area contributed by atoms with E-state index < -0.39 is 5.82 Å². The molecule has 106 valence electrons. The highest BCUT2D eigenvalue weighted by molar-refractivity contribution is 9.10. The highest BCUT2D eigenvalue weighted by Crippen LogP contribution is 2.32. The number of aromatic amines is 1. The number of carbonyl (C=O) groups excluding carboxylic acids is 1. The molecule has 0 spiro atoms. The third kappa shape index (κ3) is 2.80. The summed E-state index contributed by atoms with van der Waals surface area (Å²) in [6.07, 6.45) is 0. The fraction of sp³-hybridized carbons (Fsp3) is 0. The lowest BCUT2D eigenvalue weighted by Crippen LogP contribution is -2.13. The van der Waals surface area contributed by atoms with Crippen molar-refractivity contribution >= 4 is 50.0 Å². The van der Waals surface area contributed by atoms with Crippen LogP contribution in [0.5, 0.6) is 0 Å². The molecule has 6 heteroatoms. The van der Waals surface area contributed by atoms with Gasteiger partial charge in [-0.15, -0.1) is 0 Å². The number of aromatic nitrogens is 1. The Morgan fingerprint density at radius 1 is 1.24 bits per heavy atom. The summed E-state index contributed by atoms with van der Waals surface area (Å²) in [5.74, 6) is -0.823. The van der Waals surface area contributed by atoms with Crippen molar-refractivity contribution in [2.45, 2.75) is 0 Å². The molecule has 2 N–H and O–H groups in total. The summed E-state index contributed by atoms with van der Waals surface area (Å²) >= 11 is 9.13. The molecule has 2 aromatic carbocycles. The van der Waals surface area contributed by atoms with Gasteiger partial charge in [0.2, 0.25) is 0 Å². The number of nitrogens with one attached hydrogen (secondary N) is 2. The molecule has 1 aromatic heterocycles. The van der Waals surface area contributed by atoms with Gasteiger partial charge < -0.3 is 10.3 Å². The van der Waals surface area contributed by atoms with Gasteiger partial charge >= 0.3 is 0 Å². The van der Waals surface area contributed by atoms with Gasteiger partial charge in [-0.25, -0.2) is 4.39 Å². The number of H-pyrrole nitrogens is 1. The average molecular weight is 368 g/mol. The number of hydrogen-bond acceptors (Lipinski definition) is 1. The minimum atomic E-state index is -0.476. The van der Waals surface area contributed by atoms with Crippen LogP contribution in [0.2, 0.25) is 5.02 Å². The predicted octanol–water partition coefficient (Wildman–Crippen LogP) is 4.98. The molecule has 3 rings (SSSR count). The van der Waals surface area contributed by atoms with Crippen LogP contribution in [0.15, 0.2) is 46.9 Å². The highest BCUT2D eigenvalue weighted by atomic mass is 79.9. The Labute approximate surface area is 133 Å². The first-order valence-corrected chi connectivity index (χ1v) is 7.25. The number of anilines is 1. The number of halogens is 3. The van der Waals surface area contributed by atoms with Crippen molar-refractivity contribution in [3.05, 3.63) is 63.5 Å². The summed E-state index contributed by atoms with van der Waals surface area (Å²) in [4.78, 5) is 15.3. The largest absolute Gasteiger partial charge is 0.351 e. The molecule has 0 atom stereocenters. The van der Waals surface area contributed by atoms with Crippen LogP contribution in [0.25, 0.3) is 10.9 Å². The van der Waals surface area contributed by atoms with Crippen LogP contribution in [0, 0.1) is 5.82 Å². The zero-order valence-corrected chi connectivity index (χ0v) is 12.9. The van der Waals surface area contributed by atoms with Gasteiger partial charge in [-0.05, 0) is 40.2 Å². The van der Waals surface area contributed by atoms with Crippen LogP contribution in [0.3, 0.4) is 0 Å². The Morgan fingerprint density at radius 3 is 2.71 bits per heavy atom. The molecule has 0 aliphatic rings. The van der Waals surface area contributed by atoms with E-state index in [0.717, 1.165) is 17.0 Å². The number of rotatable bonds is 2. The molecular formula is C15H9BrClFN2O. The van der Waals surface area contributed by atoms with E-state index in [2.05, 4.69) is 26.2 Å². The van der Waals surface area contributed by atoms with Gasteiger partial charge in [0.05, 0.1) is 10.7 Å². The van der Waals surface area contributed by atoms with Gasteiger partial charge in [0, 0.05) is 15.4 Å². The molecule has 0 aliphatic heterocycles. The molecule has 3 nitrogen and oxygen atoms in total. The SMILES string of the molecule is O=C(Nc1c(Cl)cc(F)cc1Br)c1cc2ccccc2[nH]1. The summed E-state index contributed by atoms with van der Waals surface area (Å²) in [5, 5.41) is 3.74. The Morgan fingerprint density at radius 2 is 2.00 bits per heavy atom. The Kier molecular flexibility index (Phi) is 3.69. The normalized spacial score (nSPS) is 10.8. The van der Waals surface area contributed by atoms with Gasteiger partial charge in [0.15, 0.2) is 0 Å². The van der Waals surface area contributed by atoms with Crippen molar-refractivity contribution in [1.82, 2.24) is 4.98 Å². The Hall–Kier alpha value is -1.85. The maximum atomic E-state index is 13.2. The van der Waals surface area contributed by atoms with Crippen LogP contribution in [0.1, 0.15) is 10.5 Å². The molecular weight excluding hydrogens is 359 g/mol. The molecule has 0 saturated heterocycles. The average Bonchev–Trinajstić information content (AvgIpc) is 2.86.